The quantitative estimate of drug-likeness (QED) is 0.794. The molecule has 1 aliphatic carbocycles. The number of nitrogens with one attached hydrogen (secondary N) is 1. The molecular weight excluding hydrogens is 388 g/mol. The molecule has 1 aliphatic heterocycles. The van der Waals surface area contributed by atoms with E-state index in [0.29, 0.717) is 46.8 Å². The van der Waals surface area contributed by atoms with Crippen LogP contribution in [0.25, 0.3) is 0 Å². The molecule has 6 nitrogen and oxygen atoms in total. The van der Waals surface area contributed by atoms with Crippen LogP contribution in [0.15, 0.2) is 18.2 Å². The highest BCUT2D eigenvalue weighted by atomic mass is 32.1. The van der Waals surface area contributed by atoms with Crippen LogP contribution in [0.5, 0.6) is 11.5 Å². The number of amides is 2. The van der Waals surface area contributed by atoms with E-state index < -0.39 is 5.91 Å². The van der Waals surface area contributed by atoms with Gasteiger partial charge in [0.05, 0.1) is 5.56 Å². The lowest BCUT2D eigenvalue weighted by Crippen LogP contribution is -2.27. The molecule has 0 spiro atoms. The summed E-state index contributed by atoms with van der Waals surface area (Å²) in [5.74, 6) is 0.934. The van der Waals surface area contributed by atoms with E-state index >= 15 is 0 Å². The molecule has 0 radical (unpaired) electrons. The molecule has 0 fully saturated rings. The van der Waals surface area contributed by atoms with E-state index in [1.807, 2.05) is 0 Å². The highest BCUT2D eigenvalue weighted by Crippen LogP contribution is 2.44. The van der Waals surface area contributed by atoms with Gasteiger partial charge in [-0.05, 0) is 54.4 Å². The van der Waals surface area contributed by atoms with Gasteiger partial charge in [-0.25, -0.2) is 0 Å². The van der Waals surface area contributed by atoms with E-state index in [1.54, 1.807) is 18.2 Å². The molecule has 3 N–H and O–H groups in total. The van der Waals surface area contributed by atoms with E-state index in [1.165, 1.54) is 11.3 Å². The molecule has 2 aromatic rings. The molecule has 2 heterocycles. The fourth-order valence-corrected chi connectivity index (χ4v) is 5.36. The van der Waals surface area contributed by atoms with Crippen molar-refractivity contribution in [1.29, 1.82) is 0 Å². The standard InChI is InChI=1S/C22H26N2O4S/c1-22(2,3)13-5-6-14-17(11-13)29-21(18(14)19(23)25)24-20(26)12-4-7-15-16(10-12)28-9-8-27-15/h4,7,10,13H,5-6,8-9,11H2,1-3H3,(H2,23,25)(H,24,26). The Morgan fingerprint density at radius 3 is 2.59 bits per heavy atom. The van der Waals surface area contributed by atoms with Crippen molar-refractivity contribution >= 4 is 28.2 Å². The molecule has 0 saturated carbocycles. The normalized spacial score (nSPS) is 18.1. The van der Waals surface area contributed by atoms with Crippen molar-refractivity contribution in [3.8, 4) is 11.5 Å². The molecule has 0 bridgehead atoms. The molecule has 7 heteroatoms. The molecule has 1 atom stereocenters. The first kappa shape index (κ1) is 19.8. The van der Waals surface area contributed by atoms with Crippen LogP contribution in [0, 0.1) is 11.3 Å². The van der Waals surface area contributed by atoms with Crippen LogP contribution in [-0.2, 0) is 12.8 Å². The number of benzene rings is 1. The molecule has 0 saturated heterocycles. The number of thiophene rings is 1. The van der Waals surface area contributed by atoms with Gasteiger partial charge in [-0.3, -0.25) is 9.59 Å². The second-order valence-corrected chi connectivity index (χ2v) is 9.80. The number of hydrogen-bond acceptors (Lipinski definition) is 5. The van der Waals surface area contributed by atoms with E-state index in [2.05, 4.69) is 26.1 Å². The number of anilines is 1. The van der Waals surface area contributed by atoms with Crippen LogP contribution in [0.2, 0.25) is 0 Å². The minimum Gasteiger partial charge on any atom is -0.486 e. The lowest BCUT2D eigenvalue weighted by Gasteiger charge is -2.33. The Balaban J connectivity index is 1.61. The zero-order chi connectivity index (χ0) is 20.8. The molecule has 154 valence electrons. The second kappa shape index (κ2) is 7.37. The highest BCUT2D eigenvalue weighted by Gasteiger charge is 2.33. The third kappa shape index (κ3) is 3.83. The molecule has 4 rings (SSSR count). The first-order valence-corrected chi connectivity index (χ1v) is 10.7. The molecular formula is C22H26N2O4S. The topological polar surface area (TPSA) is 90.7 Å². The molecule has 1 aromatic carbocycles. The molecule has 2 amide bonds. The average molecular weight is 415 g/mol. The van der Waals surface area contributed by atoms with Crippen molar-refractivity contribution in [1.82, 2.24) is 0 Å². The van der Waals surface area contributed by atoms with Gasteiger partial charge in [-0.1, -0.05) is 20.8 Å². The first-order valence-electron chi connectivity index (χ1n) is 9.89. The van der Waals surface area contributed by atoms with Gasteiger partial charge in [0.1, 0.15) is 18.2 Å². The zero-order valence-corrected chi connectivity index (χ0v) is 17.8. The van der Waals surface area contributed by atoms with Gasteiger partial charge in [0.2, 0.25) is 0 Å². The van der Waals surface area contributed by atoms with Gasteiger partial charge in [0, 0.05) is 10.4 Å². The maximum atomic E-state index is 12.9. The van der Waals surface area contributed by atoms with Gasteiger partial charge in [0.25, 0.3) is 11.8 Å². The molecule has 2 aliphatic rings. The summed E-state index contributed by atoms with van der Waals surface area (Å²) >= 11 is 1.47. The van der Waals surface area contributed by atoms with Crippen LogP contribution in [0.3, 0.4) is 0 Å². The summed E-state index contributed by atoms with van der Waals surface area (Å²) in [6, 6.07) is 5.08. The molecule has 1 aromatic heterocycles. The van der Waals surface area contributed by atoms with Crippen molar-refractivity contribution in [2.24, 2.45) is 17.1 Å². The van der Waals surface area contributed by atoms with Crippen LogP contribution < -0.4 is 20.5 Å². The van der Waals surface area contributed by atoms with E-state index in [0.717, 1.165) is 29.7 Å². The predicted octanol–water partition coefficient (Wildman–Crippen LogP) is 4.02. The number of fused-ring (bicyclic) bond motifs is 2. The third-order valence-electron chi connectivity index (χ3n) is 5.77. The van der Waals surface area contributed by atoms with Crippen molar-refractivity contribution in [3.63, 3.8) is 0 Å². The SMILES string of the molecule is CC(C)(C)C1CCc2c(sc(NC(=O)c3ccc4c(c3)OCCO4)c2C(N)=O)C1. The van der Waals surface area contributed by atoms with Gasteiger partial charge < -0.3 is 20.5 Å². The summed E-state index contributed by atoms with van der Waals surface area (Å²) in [5, 5.41) is 3.45. The minimum absolute atomic E-state index is 0.198. The minimum atomic E-state index is -0.491. The van der Waals surface area contributed by atoms with Crippen LogP contribution in [0.1, 0.15) is 58.3 Å². The Morgan fingerprint density at radius 2 is 1.90 bits per heavy atom. The summed E-state index contributed by atoms with van der Waals surface area (Å²) in [7, 11) is 0. The van der Waals surface area contributed by atoms with Crippen LogP contribution in [0.4, 0.5) is 5.00 Å². The number of rotatable bonds is 3. The number of carbonyl (C=O) groups is 2. The summed E-state index contributed by atoms with van der Waals surface area (Å²) in [5.41, 5.74) is 7.80. The largest absolute Gasteiger partial charge is 0.486 e. The lowest BCUT2D eigenvalue weighted by molar-refractivity contribution is 0.1000. The Kier molecular flexibility index (Phi) is 5.02. The van der Waals surface area contributed by atoms with Gasteiger partial charge >= 0.3 is 0 Å². The summed E-state index contributed by atoms with van der Waals surface area (Å²) in [4.78, 5) is 26.2. The summed E-state index contributed by atoms with van der Waals surface area (Å²) in [6.07, 6.45) is 2.73. The van der Waals surface area contributed by atoms with E-state index in [9.17, 15) is 9.59 Å². The fraction of sp³-hybridized carbons (Fsp3) is 0.455. The number of carbonyl (C=O) groups excluding carboxylic acids is 2. The Hall–Kier alpha value is -2.54. The van der Waals surface area contributed by atoms with Gasteiger partial charge in [-0.15, -0.1) is 11.3 Å². The van der Waals surface area contributed by atoms with Crippen molar-refractivity contribution in [2.45, 2.75) is 40.0 Å². The monoisotopic (exact) mass is 414 g/mol. The summed E-state index contributed by atoms with van der Waals surface area (Å²) in [6.45, 7) is 7.69. The predicted molar refractivity (Wildman–Crippen MR) is 113 cm³/mol. The lowest BCUT2D eigenvalue weighted by atomic mass is 9.72. The highest BCUT2D eigenvalue weighted by molar-refractivity contribution is 7.17. The zero-order valence-electron chi connectivity index (χ0n) is 17.0. The summed E-state index contributed by atoms with van der Waals surface area (Å²) < 4.78 is 11.1. The number of hydrogen-bond donors (Lipinski definition) is 2. The van der Waals surface area contributed by atoms with Crippen molar-refractivity contribution < 1.29 is 19.1 Å². The van der Waals surface area contributed by atoms with Gasteiger partial charge in [-0.2, -0.15) is 0 Å². The van der Waals surface area contributed by atoms with Crippen molar-refractivity contribution in [3.05, 3.63) is 39.8 Å². The molecule has 29 heavy (non-hydrogen) atoms. The second-order valence-electron chi connectivity index (χ2n) is 8.69. The number of primary amides is 1. The Labute approximate surface area is 174 Å². The number of nitrogens with two attached hydrogens (primary N) is 1. The van der Waals surface area contributed by atoms with Crippen LogP contribution in [-0.4, -0.2) is 25.0 Å². The van der Waals surface area contributed by atoms with E-state index in [-0.39, 0.29) is 11.3 Å². The van der Waals surface area contributed by atoms with Gasteiger partial charge in [0.15, 0.2) is 11.5 Å². The fourth-order valence-electron chi connectivity index (χ4n) is 4.03. The first-order chi connectivity index (χ1) is 13.7. The number of ether oxygens (including phenoxy) is 2. The average Bonchev–Trinajstić information content (AvgIpc) is 3.04. The smallest absolute Gasteiger partial charge is 0.256 e. The van der Waals surface area contributed by atoms with Crippen LogP contribution >= 0.6 is 11.3 Å². The van der Waals surface area contributed by atoms with E-state index in [4.69, 9.17) is 15.2 Å². The molecule has 1 unspecified atom stereocenters. The Morgan fingerprint density at radius 1 is 1.17 bits per heavy atom. The maximum Gasteiger partial charge on any atom is 0.256 e. The van der Waals surface area contributed by atoms with Crippen molar-refractivity contribution in [2.75, 3.05) is 18.5 Å². The third-order valence-corrected chi connectivity index (χ3v) is 6.94. The maximum absolute atomic E-state index is 12.9. The Bertz CT molecular complexity index is 974.